The van der Waals surface area contributed by atoms with Crippen LogP contribution in [0.15, 0.2) is 84.9 Å². The van der Waals surface area contributed by atoms with Crippen molar-refractivity contribution in [1.29, 1.82) is 0 Å². The number of hydrogen-bond donors (Lipinski definition) is 2. The summed E-state index contributed by atoms with van der Waals surface area (Å²) in [6, 6.07) is 26.5. The van der Waals surface area contributed by atoms with Crippen molar-refractivity contribution in [3.8, 4) is 0 Å². The molecule has 0 bridgehead atoms. The van der Waals surface area contributed by atoms with Gasteiger partial charge < -0.3 is 16.0 Å². The Labute approximate surface area is 195 Å². The van der Waals surface area contributed by atoms with Gasteiger partial charge in [0, 0.05) is 19.0 Å². The lowest BCUT2D eigenvalue weighted by Gasteiger charge is -2.31. The Balaban J connectivity index is 1.51. The number of carbonyl (C=O) groups is 2. The van der Waals surface area contributed by atoms with Gasteiger partial charge in [0.25, 0.3) is 0 Å². The molecule has 33 heavy (non-hydrogen) atoms. The van der Waals surface area contributed by atoms with Gasteiger partial charge in [-0.1, -0.05) is 84.9 Å². The third-order valence-electron chi connectivity index (χ3n) is 6.51. The van der Waals surface area contributed by atoms with Crippen LogP contribution in [-0.2, 0) is 16.1 Å². The highest BCUT2D eigenvalue weighted by Crippen LogP contribution is 2.30. The molecule has 1 aliphatic heterocycles. The molecule has 1 unspecified atom stereocenters. The summed E-state index contributed by atoms with van der Waals surface area (Å²) in [4.78, 5) is 28.3. The molecule has 2 atom stereocenters. The topological polar surface area (TPSA) is 75.4 Å². The van der Waals surface area contributed by atoms with Crippen LogP contribution in [0, 0.1) is 6.92 Å². The van der Waals surface area contributed by atoms with Gasteiger partial charge in [-0.05, 0) is 42.0 Å². The van der Waals surface area contributed by atoms with Crippen LogP contribution in [0.2, 0.25) is 0 Å². The van der Waals surface area contributed by atoms with Crippen LogP contribution in [0.3, 0.4) is 0 Å². The van der Waals surface area contributed by atoms with E-state index in [2.05, 4.69) is 5.32 Å². The molecule has 170 valence electrons. The third-order valence-corrected chi connectivity index (χ3v) is 6.51. The zero-order chi connectivity index (χ0) is 23.2. The van der Waals surface area contributed by atoms with Crippen molar-refractivity contribution < 1.29 is 9.59 Å². The molecule has 1 aliphatic rings. The van der Waals surface area contributed by atoms with E-state index in [0.29, 0.717) is 19.5 Å². The molecule has 0 aliphatic carbocycles. The first-order chi connectivity index (χ1) is 16.1. The van der Waals surface area contributed by atoms with Gasteiger partial charge in [-0.3, -0.25) is 9.59 Å². The van der Waals surface area contributed by atoms with Crippen LogP contribution >= 0.6 is 0 Å². The lowest BCUT2D eigenvalue weighted by Crippen LogP contribution is -2.52. The van der Waals surface area contributed by atoms with Gasteiger partial charge in [-0.15, -0.1) is 0 Å². The molecular weight excluding hydrogens is 410 g/mol. The largest absolute Gasteiger partial charge is 0.350 e. The first-order valence-electron chi connectivity index (χ1n) is 11.5. The smallest absolute Gasteiger partial charge is 0.243 e. The molecule has 1 heterocycles. The van der Waals surface area contributed by atoms with E-state index >= 15 is 0 Å². The molecule has 0 spiro atoms. The van der Waals surface area contributed by atoms with Crippen LogP contribution in [-0.4, -0.2) is 35.3 Å². The minimum Gasteiger partial charge on any atom is -0.350 e. The van der Waals surface area contributed by atoms with E-state index in [1.807, 2.05) is 91.9 Å². The number of benzene rings is 3. The number of aryl methyl sites for hydroxylation is 1. The summed E-state index contributed by atoms with van der Waals surface area (Å²) < 4.78 is 0. The summed E-state index contributed by atoms with van der Waals surface area (Å²) in [7, 11) is 0. The highest BCUT2D eigenvalue weighted by Gasteiger charge is 2.39. The van der Waals surface area contributed by atoms with Crippen LogP contribution < -0.4 is 11.1 Å². The van der Waals surface area contributed by atoms with E-state index in [1.54, 1.807) is 4.90 Å². The summed E-state index contributed by atoms with van der Waals surface area (Å²) in [6.45, 7) is 3.03. The predicted molar refractivity (Wildman–Crippen MR) is 130 cm³/mol. The van der Waals surface area contributed by atoms with E-state index in [9.17, 15) is 9.59 Å². The molecular formula is C28H31N3O2. The maximum absolute atomic E-state index is 13.6. The molecule has 3 aromatic rings. The molecule has 5 heteroatoms. The zero-order valence-electron chi connectivity index (χ0n) is 19.0. The summed E-state index contributed by atoms with van der Waals surface area (Å²) in [5.74, 6) is -0.579. The summed E-state index contributed by atoms with van der Waals surface area (Å²) >= 11 is 0. The molecule has 2 amide bonds. The second-order valence-electron chi connectivity index (χ2n) is 8.66. The maximum Gasteiger partial charge on any atom is 0.243 e. The molecule has 1 fully saturated rings. The number of amides is 2. The number of nitrogens with one attached hydrogen (secondary N) is 1. The molecule has 5 nitrogen and oxygen atoms in total. The maximum atomic E-state index is 13.6. The third kappa shape index (κ3) is 5.15. The van der Waals surface area contributed by atoms with Crippen molar-refractivity contribution in [2.45, 2.75) is 44.3 Å². The number of rotatable bonds is 7. The minimum absolute atomic E-state index is 0.118. The lowest BCUT2D eigenvalue weighted by atomic mass is 9.84. The standard InChI is InChI=1S/C28H31N3O2/c1-20-11-8-9-16-23(20)19-30-27(32)24-17-10-18-31(24)28(33)26(29)25(21-12-4-2-5-13-21)22-14-6-3-7-15-22/h2-9,11-16,24-26H,10,17-19,29H2,1H3,(H,30,32)/t24-,26?/m0/s1. The van der Waals surface area contributed by atoms with Crippen LogP contribution in [0.5, 0.6) is 0 Å². The summed E-state index contributed by atoms with van der Waals surface area (Å²) in [5, 5.41) is 3.02. The van der Waals surface area contributed by atoms with Crippen molar-refractivity contribution in [1.82, 2.24) is 10.2 Å². The van der Waals surface area contributed by atoms with Crippen molar-refractivity contribution in [3.05, 3.63) is 107 Å². The monoisotopic (exact) mass is 441 g/mol. The van der Waals surface area contributed by atoms with Gasteiger partial charge in [-0.25, -0.2) is 0 Å². The highest BCUT2D eigenvalue weighted by molar-refractivity contribution is 5.91. The van der Waals surface area contributed by atoms with Gasteiger partial charge in [0.05, 0.1) is 6.04 Å². The highest BCUT2D eigenvalue weighted by atomic mass is 16.2. The lowest BCUT2D eigenvalue weighted by molar-refractivity contribution is -0.139. The van der Waals surface area contributed by atoms with Crippen molar-refractivity contribution >= 4 is 11.8 Å². The fourth-order valence-electron chi connectivity index (χ4n) is 4.67. The molecule has 0 aromatic heterocycles. The van der Waals surface area contributed by atoms with Crippen molar-refractivity contribution in [2.75, 3.05) is 6.54 Å². The van der Waals surface area contributed by atoms with E-state index in [0.717, 1.165) is 28.7 Å². The first-order valence-corrected chi connectivity index (χ1v) is 11.5. The Morgan fingerprint density at radius 3 is 2.12 bits per heavy atom. The number of carbonyl (C=O) groups excluding carboxylic acids is 2. The normalized spacial score (nSPS) is 16.6. The second-order valence-corrected chi connectivity index (χ2v) is 8.66. The zero-order valence-corrected chi connectivity index (χ0v) is 19.0. The van der Waals surface area contributed by atoms with E-state index < -0.39 is 12.1 Å². The first kappa shape index (κ1) is 22.7. The number of nitrogens with two attached hydrogens (primary N) is 1. The predicted octanol–water partition coefficient (Wildman–Crippen LogP) is 3.76. The van der Waals surface area contributed by atoms with Gasteiger partial charge in [-0.2, -0.15) is 0 Å². The van der Waals surface area contributed by atoms with E-state index in [4.69, 9.17) is 5.73 Å². The molecule has 1 saturated heterocycles. The van der Waals surface area contributed by atoms with Gasteiger partial charge in [0.2, 0.25) is 11.8 Å². The fraction of sp³-hybridized carbons (Fsp3) is 0.286. The molecule has 4 rings (SSSR count). The minimum atomic E-state index is -0.778. The van der Waals surface area contributed by atoms with Crippen LogP contribution in [0.25, 0.3) is 0 Å². The average Bonchev–Trinajstić information content (AvgIpc) is 3.34. The quantitative estimate of drug-likeness (QED) is 0.586. The van der Waals surface area contributed by atoms with Gasteiger partial charge in [0.1, 0.15) is 6.04 Å². The van der Waals surface area contributed by atoms with E-state index in [1.165, 1.54) is 0 Å². The Bertz CT molecular complexity index is 1050. The number of likely N-dealkylation sites (tertiary alicyclic amines) is 1. The Hall–Kier alpha value is -3.44. The molecule has 0 saturated carbocycles. The Morgan fingerprint density at radius 2 is 1.52 bits per heavy atom. The fourth-order valence-corrected chi connectivity index (χ4v) is 4.67. The number of hydrogen-bond acceptors (Lipinski definition) is 3. The van der Waals surface area contributed by atoms with Gasteiger partial charge in [0.15, 0.2) is 0 Å². The summed E-state index contributed by atoms with van der Waals surface area (Å²) in [5.41, 5.74) is 10.8. The van der Waals surface area contributed by atoms with Crippen molar-refractivity contribution in [3.63, 3.8) is 0 Å². The van der Waals surface area contributed by atoms with Gasteiger partial charge >= 0.3 is 0 Å². The van der Waals surface area contributed by atoms with Crippen molar-refractivity contribution in [2.24, 2.45) is 5.73 Å². The molecule has 0 radical (unpaired) electrons. The second kappa shape index (κ2) is 10.5. The summed E-state index contributed by atoms with van der Waals surface area (Å²) in [6.07, 6.45) is 1.45. The molecule has 3 aromatic carbocycles. The average molecular weight is 442 g/mol. The molecule has 3 N–H and O–H groups in total. The Kier molecular flexibility index (Phi) is 7.20. The Morgan fingerprint density at radius 1 is 0.939 bits per heavy atom. The number of nitrogens with zero attached hydrogens (tertiary/aromatic N) is 1. The van der Waals surface area contributed by atoms with Crippen LogP contribution in [0.1, 0.15) is 41.0 Å². The SMILES string of the molecule is Cc1ccccc1CNC(=O)[C@@H]1CCCN1C(=O)C(N)C(c1ccccc1)c1ccccc1. The van der Waals surface area contributed by atoms with Crippen LogP contribution in [0.4, 0.5) is 0 Å². The van der Waals surface area contributed by atoms with E-state index in [-0.39, 0.29) is 17.7 Å².